The zero-order chi connectivity index (χ0) is 46.4. The van der Waals surface area contributed by atoms with Gasteiger partial charge in [-0.1, -0.05) is 110 Å². The first-order valence-corrected chi connectivity index (χ1v) is 23.0. The number of halogens is 1. The van der Waals surface area contributed by atoms with Gasteiger partial charge < -0.3 is 19.3 Å². The molecule has 0 unspecified atom stereocenters. The summed E-state index contributed by atoms with van der Waals surface area (Å²) in [6, 6.07) is 48.4. The third-order valence-electron chi connectivity index (χ3n) is 13.5. The van der Waals surface area contributed by atoms with Gasteiger partial charge in [-0.25, -0.2) is 0 Å². The number of rotatable bonds is 3. The molecule has 0 N–H and O–H groups in total. The van der Waals surface area contributed by atoms with E-state index in [9.17, 15) is 4.39 Å². The maximum atomic E-state index is 12.7. The van der Waals surface area contributed by atoms with Gasteiger partial charge in [0.2, 0.25) is 0 Å². The van der Waals surface area contributed by atoms with E-state index in [2.05, 4.69) is 163 Å². The number of fused-ring (bicyclic) bond motifs is 7. The third kappa shape index (κ3) is 8.36. The van der Waals surface area contributed by atoms with E-state index in [0.717, 1.165) is 50.7 Å². The minimum absolute atomic E-state index is 0. The van der Waals surface area contributed by atoms with Crippen LogP contribution in [0.1, 0.15) is 90.1 Å². The molecule has 0 bridgehead atoms. The predicted octanol–water partition coefficient (Wildman–Crippen LogP) is 13.4. The van der Waals surface area contributed by atoms with Gasteiger partial charge in [-0.05, 0) is 128 Å². The summed E-state index contributed by atoms with van der Waals surface area (Å²) in [5.41, 5.74) is 19.6. The third-order valence-corrected chi connectivity index (χ3v) is 13.5. The summed E-state index contributed by atoms with van der Waals surface area (Å²) < 4.78 is 22.2. The fourth-order valence-corrected chi connectivity index (χ4v) is 9.43. The Morgan fingerprint density at radius 3 is 1.93 bits per heavy atom. The molecule has 337 valence electrons. The summed E-state index contributed by atoms with van der Waals surface area (Å²) in [7, 11) is 0. The Kier molecular flexibility index (Phi) is 11.6. The number of hydrogen-bond acceptors (Lipinski definition) is 3. The largest absolute Gasteiger partial charge is 0.458 e. The fraction of sp³-hybridized carbons (Fsp3) is 0.233. The molecule has 0 fully saturated rings. The zero-order valence-corrected chi connectivity index (χ0v) is 42.6. The number of nitrogens with zero attached hydrogens (tertiary/aromatic N) is 3. The molecule has 0 saturated heterocycles. The molecule has 0 atom stereocenters. The van der Waals surface area contributed by atoms with Crippen LogP contribution in [0.4, 0.5) is 4.39 Å². The summed E-state index contributed by atoms with van der Waals surface area (Å²) in [4.78, 5) is 9.18. The van der Waals surface area contributed by atoms with Crippen LogP contribution in [0.25, 0.3) is 61.1 Å². The molecule has 4 nitrogen and oxygen atoms in total. The normalized spacial score (nSPS) is 12.7. The Morgan fingerprint density at radius 2 is 1.27 bits per heavy atom. The van der Waals surface area contributed by atoms with Gasteiger partial charge in [-0.3, -0.25) is 4.39 Å². The van der Waals surface area contributed by atoms with Crippen LogP contribution < -0.4 is 21.1 Å². The van der Waals surface area contributed by atoms with Crippen molar-refractivity contribution in [3.05, 3.63) is 179 Å². The second-order valence-corrected chi connectivity index (χ2v) is 21.3. The maximum absolute atomic E-state index is 12.7. The zero-order valence-electron chi connectivity index (χ0n) is 40.2. The molecular formula is C60H55BFIrN3O-2. The van der Waals surface area contributed by atoms with Gasteiger partial charge in [-0.2, -0.15) is 0 Å². The first-order valence-electron chi connectivity index (χ1n) is 23.0. The molecule has 0 amide bonds. The minimum Gasteiger partial charge on any atom is -0.458 e. The standard InChI is InChI=1S/C47H44BN2O.C13H11FN.Ir/c1-45(2,3)31-16-19-39-34(23-31)35-24-33(47(7,8)9)26-37-44(35)50(39)40-21-30(29-15-18-38(49-27-29)28-13-11-10-12-14-28)22-42-43(40)48(37)36-25-32(46(4,5)6)17-20-41(36)51-42;1-9-7-13(15-8-10(9)2)11-3-5-12(14)6-4-11;/h10-13,15-27H,1-9H3;3,5-8H,1-2H3;/q2*-1;. The quantitative estimate of drug-likeness (QED) is 0.131. The number of aryl methyl sites for hydroxylation is 2. The van der Waals surface area contributed by atoms with Gasteiger partial charge >= 0.3 is 0 Å². The van der Waals surface area contributed by atoms with Crippen LogP contribution in [0, 0.1) is 31.8 Å². The van der Waals surface area contributed by atoms with Crippen molar-refractivity contribution in [1.82, 2.24) is 14.5 Å². The fourth-order valence-electron chi connectivity index (χ4n) is 9.43. The van der Waals surface area contributed by atoms with E-state index in [-0.39, 0.29) is 48.9 Å². The molecule has 9 aromatic rings. The van der Waals surface area contributed by atoms with Crippen LogP contribution >= 0.6 is 0 Å². The van der Waals surface area contributed by atoms with Crippen molar-refractivity contribution < 1.29 is 29.2 Å². The van der Waals surface area contributed by atoms with E-state index in [1.807, 2.05) is 50.5 Å². The van der Waals surface area contributed by atoms with Crippen LogP contribution in [-0.2, 0) is 36.4 Å². The molecule has 1 radical (unpaired) electrons. The monoisotopic (exact) mass is 1060 g/mol. The molecular weight excluding hydrogens is 1000 g/mol. The van der Waals surface area contributed by atoms with Crippen molar-refractivity contribution in [2.24, 2.45) is 0 Å². The van der Waals surface area contributed by atoms with Crippen molar-refractivity contribution in [2.75, 3.05) is 0 Å². The molecule has 11 rings (SSSR count). The number of hydrogen-bond donors (Lipinski definition) is 0. The summed E-state index contributed by atoms with van der Waals surface area (Å²) >= 11 is 0. The summed E-state index contributed by atoms with van der Waals surface area (Å²) in [6.07, 6.45) is 3.81. The van der Waals surface area contributed by atoms with Gasteiger partial charge in [0.15, 0.2) is 0 Å². The molecule has 67 heavy (non-hydrogen) atoms. The first-order chi connectivity index (χ1) is 31.3. The molecule has 5 heterocycles. The van der Waals surface area contributed by atoms with Crippen molar-refractivity contribution in [3.63, 3.8) is 0 Å². The molecule has 6 aromatic carbocycles. The summed E-state index contributed by atoms with van der Waals surface area (Å²) in [6.45, 7) is 24.9. The van der Waals surface area contributed by atoms with Gasteiger partial charge in [0.1, 0.15) is 11.5 Å². The molecule has 0 saturated carbocycles. The Labute approximate surface area is 409 Å². The van der Waals surface area contributed by atoms with E-state index in [4.69, 9.17) is 9.72 Å². The van der Waals surface area contributed by atoms with E-state index in [0.29, 0.717) is 0 Å². The van der Waals surface area contributed by atoms with Gasteiger partial charge in [0, 0.05) is 60.3 Å². The SMILES string of the molecule is CC(C)(C)c1ccc2c(c1)B1c3c(cc(-c4ccc(-c5[c-]cccc5)nc4)cc3-n3c4ccc(C(C)(C)C)cc4c4cc(C(C)(C)C)cc1c43)O2.Cc1cnc(-c2[c-]cc(F)cc2)cc1C.[Ir]. The average Bonchev–Trinajstić information content (AvgIpc) is 3.62. The van der Waals surface area contributed by atoms with Crippen LogP contribution in [0.2, 0.25) is 0 Å². The molecule has 0 spiro atoms. The predicted molar refractivity (Wildman–Crippen MR) is 273 cm³/mol. The van der Waals surface area contributed by atoms with Crippen molar-refractivity contribution >= 4 is 44.9 Å². The van der Waals surface area contributed by atoms with E-state index < -0.39 is 0 Å². The number of ether oxygens (including phenoxy) is 1. The molecule has 2 aliphatic heterocycles. The Morgan fingerprint density at radius 1 is 0.582 bits per heavy atom. The smallest absolute Gasteiger partial charge is 0.256 e. The second-order valence-electron chi connectivity index (χ2n) is 21.3. The van der Waals surface area contributed by atoms with E-state index in [1.54, 1.807) is 6.07 Å². The van der Waals surface area contributed by atoms with Crippen molar-refractivity contribution in [2.45, 2.75) is 92.4 Å². The first kappa shape index (κ1) is 46.0. The topological polar surface area (TPSA) is 39.9 Å². The Balaban J connectivity index is 0.000000300. The second kappa shape index (κ2) is 16.9. The van der Waals surface area contributed by atoms with Crippen molar-refractivity contribution in [3.8, 4) is 50.8 Å². The Hall–Kier alpha value is -6.14. The van der Waals surface area contributed by atoms with Crippen LogP contribution in [0.3, 0.4) is 0 Å². The molecule has 0 aliphatic carbocycles. The number of pyridine rings is 2. The van der Waals surface area contributed by atoms with Crippen molar-refractivity contribution in [1.29, 1.82) is 0 Å². The molecule has 2 aliphatic rings. The van der Waals surface area contributed by atoms with Crippen LogP contribution in [0.5, 0.6) is 11.5 Å². The minimum atomic E-state index is -0.275. The Bertz CT molecular complexity index is 3360. The van der Waals surface area contributed by atoms with Gasteiger partial charge in [0.05, 0.1) is 5.52 Å². The average molecular weight is 1060 g/mol. The summed E-state index contributed by atoms with van der Waals surface area (Å²) in [5, 5.41) is 2.62. The van der Waals surface area contributed by atoms with Gasteiger partial charge in [0.25, 0.3) is 6.71 Å². The summed E-state index contributed by atoms with van der Waals surface area (Å²) in [5.74, 6) is 1.57. The van der Waals surface area contributed by atoms with E-state index >= 15 is 0 Å². The number of aromatic nitrogens is 3. The van der Waals surface area contributed by atoms with Gasteiger partial charge in [-0.15, -0.1) is 65.7 Å². The van der Waals surface area contributed by atoms with Crippen LogP contribution in [0.15, 0.2) is 134 Å². The number of benzene rings is 6. The molecule has 3 aromatic heterocycles. The van der Waals surface area contributed by atoms with Crippen LogP contribution in [-0.4, -0.2) is 21.2 Å². The van der Waals surface area contributed by atoms with E-state index in [1.165, 1.54) is 78.3 Å². The molecule has 7 heteroatoms. The maximum Gasteiger partial charge on any atom is 0.256 e.